The summed E-state index contributed by atoms with van der Waals surface area (Å²) in [4.78, 5) is 37.9. The van der Waals surface area contributed by atoms with E-state index in [-0.39, 0.29) is 31.1 Å². The number of carbonyl (C=O) groups is 3. The Hall–Kier alpha value is -2.11. The maximum Gasteiger partial charge on any atom is 0.306 e. The predicted molar refractivity (Wildman–Crippen MR) is 252 cm³/mol. The highest BCUT2D eigenvalue weighted by molar-refractivity contribution is 5.71. The van der Waals surface area contributed by atoms with Crippen molar-refractivity contribution in [2.45, 2.75) is 284 Å². The van der Waals surface area contributed by atoms with Crippen LogP contribution in [0.1, 0.15) is 278 Å². The van der Waals surface area contributed by atoms with E-state index in [1.807, 2.05) is 0 Å². The van der Waals surface area contributed by atoms with E-state index >= 15 is 0 Å². The van der Waals surface area contributed by atoms with Gasteiger partial charge in [-0.1, -0.05) is 218 Å². The summed E-state index contributed by atoms with van der Waals surface area (Å²) in [7, 11) is 0. The van der Waals surface area contributed by atoms with Crippen LogP contribution in [-0.4, -0.2) is 37.2 Å². The van der Waals surface area contributed by atoms with E-state index in [0.717, 1.165) is 70.6 Å². The van der Waals surface area contributed by atoms with Crippen molar-refractivity contribution in [1.82, 2.24) is 0 Å². The van der Waals surface area contributed by atoms with E-state index in [2.05, 4.69) is 45.1 Å². The minimum absolute atomic E-state index is 0.0747. The smallest absolute Gasteiger partial charge is 0.306 e. The topological polar surface area (TPSA) is 78.9 Å². The lowest BCUT2D eigenvalue weighted by Gasteiger charge is -2.18. The van der Waals surface area contributed by atoms with E-state index in [0.29, 0.717) is 19.3 Å². The standard InChI is InChI=1S/C53H98O6/c1-4-7-10-13-16-19-22-24-26-27-29-31-34-37-40-43-46-52(55)58-49-50(48-57-51(54)45-42-39-36-33-30-21-18-15-12-9-6-3)59-53(56)47-44-41-38-35-32-28-25-23-20-17-14-11-8-5-2/h15,18,26-27,50H,4-14,16-17,19-25,28-49H2,1-3H3/b18-15-,27-26-/t50-/m1/s1. The lowest BCUT2D eigenvalue weighted by atomic mass is 10.0. The minimum Gasteiger partial charge on any atom is -0.462 e. The Morgan fingerprint density at radius 2 is 0.576 bits per heavy atom. The Morgan fingerprint density at radius 3 is 0.898 bits per heavy atom. The Labute approximate surface area is 366 Å². The van der Waals surface area contributed by atoms with Crippen LogP contribution in [0.25, 0.3) is 0 Å². The normalized spacial score (nSPS) is 12.1. The molecule has 0 unspecified atom stereocenters. The summed E-state index contributed by atoms with van der Waals surface area (Å²) >= 11 is 0. The van der Waals surface area contributed by atoms with Crippen molar-refractivity contribution in [3.63, 3.8) is 0 Å². The lowest BCUT2D eigenvalue weighted by Crippen LogP contribution is -2.30. The molecular formula is C53H98O6. The third-order valence-electron chi connectivity index (χ3n) is 11.4. The SMILES string of the molecule is CCCC/C=C\CCCCCCCC(=O)OC[C@H](COC(=O)CCCCCCC/C=C\CCCCCCCCC)OC(=O)CCCCCCCCCCCCCCCC. The second-order valence-corrected chi connectivity index (χ2v) is 17.4. The fourth-order valence-corrected chi connectivity index (χ4v) is 7.48. The van der Waals surface area contributed by atoms with Crippen LogP contribution >= 0.6 is 0 Å². The Bertz CT molecular complexity index is 958. The molecule has 0 aromatic heterocycles. The van der Waals surface area contributed by atoms with E-state index in [9.17, 15) is 14.4 Å². The highest BCUT2D eigenvalue weighted by atomic mass is 16.6. The second kappa shape index (κ2) is 48.6. The van der Waals surface area contributed by atoms with Gasteiger partial charge in [0.25, 0.3) is 0 Å². The number of carbonyl (C=O) groups excluding carboxylic acids is 3. The zero-order chi connectivity index (χ0) is 43.0. The molecule has 0 rings (SSSR count). The molecule has 0 amide bonds. The van der Waals surface area contributed by atoms with Gasteiger partial charge in [0.15, 0.2) is 6.10 Å². The van der Waals surface area contributed by atoms with Crippen LogP contribution in [0.15, 0.2) is 24.3 Å². The molecule has 6 nitrogen and oxygen atoms in total. The van der Waals surface area contributed by atoms with Crippen molar-refractivity contribution >= 4 is 17.9 Å². The van der Waals surface area contributed by atoms with Crippen LogP contribution in [0.4, 0.5) is 0 Å². The molecule has 0 aromatic carbocycles. The fourth-order valence-electron chi connectivity index (χ4n) is 7.48. The molecule has 0 aliphatic heterocycles. The molecule has 0 radical (unpaired) electrons. The molecule has 0 bridgehead atoms. The van der Waals surface area contributed by atoms with Gasteiger partial charge in [0.2, 0.25) is 0 Å². The van der Waals surface area contributed by atoms with Gasteiger partial charge in [-0.05, 0) is 64.2 Å². The largest absolute Gasteiger partial charge is 0.462 e. The quantitative estimate of drug-likeness (QED) is 0.0263. The number of unbranched alkanes of at least 4 members (excludes halogenated alkanes) is 32. The molecule has 1 atom stereocenters. The van der Waals surface area contributed by atoms with Crippen LogP contribution in [0.2, 0.25) is 0 Å². The first-order valence-corrected chi connectivity index (χ1v) is 25.8. The predicted octanol–water partition coefficient (Wildman–Crippen LogP) is 16.8. The highest BCUT2D eigenvalue weighted by Crippen LogP contribution is 2.15. The molecule has 0 heterocycles. The van der Waals surface area contributed by atoms with Crippen LogP contribution in [-0.2, 0) is 28.6 Å². The Morgan fingerprint density at radius 1 is 0.322 bits per heavy atom. The molecule has 0 aromatic rings. The minimum atomic E-state index is -0.772. The molecule has 59 heavy (non-hydrogen) atoms. The van der Waals surface area contributed by atoms with Gasteiger partial charge in [0, 0.05) is 19.3 Å². The van der Waals surface area contributed by atoms with Crippen LogP contribution in [0.3, 0.4) is 0 Å². The first-order valence-electron chi connectivity index (χ1n) is 25.8. The summed E-state index contributed by atoms with van der Waals surface area (Å²) in [6.07, 6.45) is 54.4. The maximum atomic E-state index is 12.8. The number of allylic oxidation sites excluding steroid dienone is 4. The van der Waals surface area contributed by atoms with Gasteiger partial charge in [-0.3, -0.25) is 14.4 Å². The zero-order valence-corrected chi connectivity index (χ0v) is 39.5. The third-order valence-corrected chi connectivity index (χ3v) is 11.4. The van der Waals surface area contributed by atoms with Crippen LogP contribution in [0.5, 0.6) is 0 Å². The van der Waals surface area contributed by atoms with Crippen molar-refractivity contribution in [2.75, 3.05) is 13.2 Å². The summed E-state index contributed by atoms with van der Waals surface area (Å²) in [5.41, 5.74) is 0. The number of ether oxygens (including phenoxy) is 3. The highest BCUT2D eigenvalue weighted by Gasteiger charge is 2.19. The van der Waals surface area contributed by atoms with E-state index < -0.39 is 6.10 Å². The molecule has 0 aliphatic rings. The van der Waals surface area contributed by atoms with Crippen LogP contribution in [0, 0.1) is 0 Å². The van der Waals surface area contributed by atoms with Crippen molar-refractivity contribution in [1.29, 1.82) is 0 Å². The van der Waals surface area contributed by atoms with E-state index in [1.165, 1.54) is 167 Å². The zero-order valence-electron chi connectivity index (χ0n) is 39.5. The summed E-state index contributed by atoms with van der Waals surface area (Å²) < 4.78 is 16.8. The summed E-state index contributed by atoms with van der Waals surface area (Å²) in [5, 5.41) is 0. The summed E-state index contributed by atoms with van der Waals surface area (Å²) in [6.45, 7) is 6.61. The number of rotatable bonds is 47. The van der Waals surface area contributed by atoms with Crippen molar-refractivity contribution in [2.24, 2.45) is 0 Å². The molecule has 6 heteroatoms. The number of esters is 3. The van der Waals surface area contributed by atoms with Gasteiger partial charge < -0.3 is 14.2 Å². The summed E-state index contributed by atoms with van der Waals surface area (Å²) in [5.74, 6) is -0.880. The van der Waals surface area contributed by atoms with Crippen LogP contribution < -0.4 is 0 Å². The average Bonchev–Trinajstić information content (AvgIpc) is 3.23. The second-order valence-electron chi connectivity index (χ2n) is 17.4. The molecule has 0 saturated carbocycles. The van der Waals surface area contributed by atoms with Gasteiger partial charge >= 0.3 is 17.9 Å². The molecule has 0 fully saturated rings. The first-order chi connectivity index (χ1) is 29.0. The van der Waals surface area contributed by atoms with E-state index in [1.54, 1.807) is 0 Å². The fraction of sp³-hybridized carbons (Fsp3) is 0.868. The van der Waals surface area contributed by atoms with Crippen molar-refractivity contribution in [3.05, 3.63) is 24.3 Å². The lowest BCUT2D eigenvalue weighted by molar-refractivity contribution is -0.167. The van der Waals surface area contributed by atoms with Gasteiger partial charge in [-0.2, -0.15) is 0 Å². The molecular weight excluding hydrogens is 733 g/mol. The Kier molecular flexibility index (Phi) is 46.8. The van der Waals surface area contributed by atoms with Gasteiger partial charge in [0.1, 0.15) is 13.2 Å². The molecule has 0 saturated heterocycles. The third kappa shape index (κ3) is 46.8. The van der Waals surface area contributed by atoms with Gasteiger partial charge in [0.05, 0.1) is 0 Å². The van der Waals surface area contributed by atoms with E-state index in [4.69, 9.17) is 14.2 Å². The molecule has 0 spiro atoms. The molecule has 0 aliphatic carbocycles. The Balaban J connectivity index is 4.34. The monoisotopic (exact) mass is 831 g/mol. The maximum absolute atomic E-state index is 12.8. The summed E-state index contributed by atoms with van der Waals surface area (Å²) in [6, 6.07) is 0. The molecule has 0 N–H and O–H groups in total. The van der Waals surface area contributed by atoms with Gasteiger partial charge in [-0.25, -0.2) is 0 Å². The van der Waals surface area contributed by atoms with Crippen molar-refractivity contribution < 1.29 is 28.6 Å². The van der Waals surface area contributed by atoms with Gasteiger partial charge in [-0.15, -0.1) is 0 Å². The number of hydrogen-bond acceptors (Lipinski definition) is 6. The average molecular weight is 831 g/mol. The molecule has 346 valence electrons. The van der Waals surface area contributed by atoms with Crippen molar-refractivity contribution in [3.8, 4) is 0 Å². The number of hydrogen-bond donors (Lipinski definition) is 0. The first kappa shape index (κ1) is 56.9.